The highest BCUT2D eigenvalue weighted by Crippen LogP contribution is 2.14. The zero-order valence-corrected chi connectivity index (χ0v) is 12.4. The van der Waals surface area contributed by atoms with Crippen molar-refractivity contribution in [2.45, 2.75) is 33.7 Å². The van der Waals surface area contributed by atoms with Gasteiger partial charge in [0.15, 0.2) is 0 Å². The molecule has 0 saturated heterocycles. The second-order valence-electron chi connectivity index (χ2n) is 4.72. The van der Waals surface area contributed by atoms with Crippen LogP contribution in [0, 0.1) is 6.92 Å². The van der Waals surface area contributed by atoms with Crippen molar-refractivity contribution in [3.05, 3.63) is 47.3 Å². The van der Waals surface area contributed by atoms with E-state index < -0.39 is 0 Å². The molecule has 0 bridgehead atoms. The van der Waals surface area contributed by atoms with Crippen molar-refractivity contribution < 1.29 is 0 Å². The molecule has 4 nitrogen and oxygen atoms in total. The van der Waals surface area contributed by atoms with Gasteiger partial charge in [-0.15, -0.1) is 0 Å². The predicted molar refractivity (Wildman–Crippen MR) is 84.1 cm³/mol. The molecule has 0 saturated carbocycles. The van der Waals surface area contributed by atoms with E-state index in [1.807, 2.05) is 6.07 Å². The molecule has 20 heavy (non-hydrogen) atoms. The summed E-state index contributed by atoms with van der Waals surface area (Å²) in [4.78, 5) is 8.97. The Labute approximate surface area is 120 Å². The lowest BCUT2D eigenvalue weighted by atomic mass is 10.1. The average Bonchev–Trinajstić information content (AvgIpc) is 2.46. The lowest BCUT2D eigenvalue weighted by Gasteiger charge is -2.11. The van der Waals surface area contributed by atoms with Crippen LogP contribution in [0.5, 0.6) is 0 Å². The van der Waals surface area contributed by atoms with Gasteiger partial charge in [-0.05, 0) is 25.0 Å². The zero-order chi connectivity index (χ0) is 14.4. The van der Waals surface area contributed by atoms with Gasteiger partial charge in [-0.3, -0.25) is 0 Å². The third kappa shape index (κ3) is 3.70. The first-order valence-electron chi connectivity index (χ1n) is 7.13. The van der Waals surface area contributed by atoms with E-state index in [1.54, 1.807) is 0 Å². The maximum atomic E-state index is 4.52. The van der Waals surface area contributed by atoms with Gasteiger partial charge in [-0.2, -0.15) is 0 Å². The Morgan fingerprint density at radius 1 is 1.00 bits per heavy atom. The minimum absolute atomic E-state index is 0.776. The first-order valence-corrected chi connectivity index (χ1v) is 7.13. The van der Waals surface area contributed by atoms with E-state index in [2.05, 4.69) is 65.6 Å². The topological polar surface area (TPSA) is 49.8 Å². The number of rotatable bonds is 6. The number of anilines is 2. The summed E-state index contributed by atoms with van der Waals surface area (Å²) in [5, 5.41) is 6.63. The van der Waals surface area contributed by atoms with Crippen molar-refractivity contribution in [1.82, 2.24) is 9.97 Å². The second kappa shape index (κ2) is 6.89. The highest BCUT2D eigenvalue weighted by Gasteiger charge is 2.03. The SMILES string of the molecule is CCNc1cc(NCc2ccccc2C)nc(CC)n1. The summed E-state index contributed by atoms with van der Waals surface area (Å²) < 4.78 is 0. The minimum atomic E-state index is 0.776. The summed E-state index contributed by atoms with van der Waals surface area (Å²) in [6.45, 7) is 7.89. The Bertz CT molecular complexity index is 566. The molecule has 1 heterocycles. The fourth-order valence-corrected chi connectivity index (χ4v) is 2.01. The van der Waals surface area contributed by atoms with Gasteiger partial charge < -0.3 is 10.6 Å². The first-order chi connectivity index (χ1) is 9.72. The van der Waals surface area contributed by atoms with Crippen LogP contribution in [0.15, 0.2) is 30.3 Å². The summed E-state index contributed by atoms with van der Waals surface area (Å²) in [6, 6.07) is 10.3. The van der Waals surface area contributed by atoms with Crippen molar-refractivity contribution >= 4 is 11.6 Å². The number of benzene rings is 1. The van der Waals surface area contributed by atoms with Crippen molar-refractivity contribution in [1.29, 1.82) is 0 Å². The van der Waals surface area contributed by atoms with Crippen LogP contribution in [0.3, 0.4) is 0 Å². The minimum Gasteiger partial charge on any atom is -0.370 e. The standard InChI is InChI=1S/C16H22N4/c1-4-14-19-15(17-5-2)10-16(20-14)18-11-13-9-7-6-8-12(13)3/h6-10H,4-5,11H2,1-3H3,(H2,17,18,19,20). The van der Waals surface area contributed by atoms with E-state index >= 15 is 0 Å². The molecule has 2 rings (SSSR count). The maximum absolute atomic E-state index is 4.52. The van der Waals surface area contributed by atoms with Crippen LogP contribution < -0.4 is 10.6 Å². The molecule has 1 aromatic carbocycles. The highest BCUT2D eigenvalue weighted by molar-refractivity contribution is 5.48. The van der Waals surface area contributed by atoms with E-state index in [9.17, 15) is 0 Å². The predicted octanol–water partition coefficient (Wildman–Crippen LogP) is 3.39. The van der Waals surface area contributed by atoms with Crippen LogP contribution in [0.1, 0.15) is 30.8 Å². The van der Waals surface area contributed by atoms with Gasteiger partial charge in [0, 0.05) is 25.6 Å². The largest absolute Gasteiger partial charge is 0.370 e. The van der Waals surface area contributed by atoms with Gasteiger partial charge in [0.25, 0.3) is 0 Å². The van der Waals surface area contributed by atoms with E-state index in [4.69, 9.17) is 0 Å². The van der Waals surface area contributed by atoms with E-state index in [0.717, 1.165) is 37.0 Å². The van der Waals surface area contributed by atoms with Crippen LogP contribution in [0.4, 0.5) is 11.6 Å². The number of nitrogens with one attached hydrogen (secondary N) is 2. The summed E-state index contributed by atoms with van der Waals surface area (Å²) >= 11 is 0. The van der Waals surface area contributed by atoms with Crippen molar-refractivity contribution in [3.8, 4) is 0 Å². The lowest BCUT2D eigenvalue weighted by Crippen LogP contribution is -2.08. The Kier molecular flexibility index (Phi) is 4.93. The maximum Gasteiger partial charge on any atom is 0.132 e. The quantitative estimate of drug-likeness (QED) is 0.844. The summed E-state index contributed by atoms with van der Waals surface area (Å²) in [5.74, 6) is 2.61. The third-order valence-electron chi connectivity index (χ3n) is 3.17. The van der Waals surface area contributed by atoms with Crippen molar-refractivity contribution in [3.63, 3.8) is 0 Å². The lowest BCUT2D eigenvalue weighted by molar-refractivity contribution is 0.929. The average molecular weight is 270 g/mol. The van der Waals surface area contributed by atoms with Gasteiger partial charge >= 0.3 is 0 Å². The Morgan fingerprint density at radius 2 is 1.70 bits per heavy atom. The van der Waals surface area contributed by atoms with Gasteiger partial charge in [0.2, 0.25) is 0 Å². The molecule has 0 aliphatic carbocycles. The highest BCUT2D eigenvalue weighted by atomic mass is 15.1. The monoisotopic (exact) mass is 270 g/mol. The van der Waals surface area contributed by atoms with Crippen LogP contribution in [-0.2, 0) is 13.0 Å². The van der Waals surface area contributed by atoms with Crippen LogP contribution >= 0.6 is 0 Å². The normalized spacial score (nSPS) is 10.3. The van der Waals surface area contributed by atoms with Crippen LogP contribution in [0.25, 0.3) is 0 Å². The van der Waals surface area contributed by atoms with Crippen LogP contribution in [-0.4, -0.2) is 16.5 Å². The second-order valence-corrected chi connectivity index (χ2v) is 4.72. The molecule has 0 amide bonds. The van der Waals surface area contributed by atoms with Gasteiger partial charge in [0.05, 0.1) is 0 Å². The van der Waals surface area contributed by atoms with E-state index in [-0.39, 0.29) is 0 Å². The molecule has 2 N–H and O–H groups in total. The molecule has 4 heteroatoms. The number of hydrogen-bond donors (Lipinski definition) is 2. The first kappa shape index (κ1) is 14.3. The molecule has 0 unspecified atom stereocenters. The molecule has 0 spiro atoms. The van der Waals surface area contributed by atoms with Gasteiger partial charge in [-0.25, -0.2) is 9.97 Å². The number of nitrogens with zero attached hydrogens (tertiary/aromatic N) is 2. The molecule has 0 aliphatic heterocycles. The Balaban J connectivity index is 2.12. The summed E-state index contributed by atoms with van der Waals surface area (Å²) in [7, 11) is 0. The molecule has 0 fully saturated rings. The van der Waals surface area contributed by atoms with E-state index in [1.165, 1.54) is 11.1 Å². The van der Waals surface area contributed by atoms with E-state index in [0.29, 0.717) is 0 Å². The third-order valence-corrected chi connectivity index (χ3v) is 3.17. The zero-order valence-electron chi connectivity index (χ0n) is 12.4. The van der Waals surface area contributed by atoms with Gasteiger partial charge in [0.1, 0.15) is 17.5 Å². The molecule has 0 aliphatic rings. The number of aryl methyl sites for hydroxylation is 2. The van der Waals surface area contributed by atoms with Gasteiger partial charge in [-0.1, -0.05) is 31.2 Å². The van der Waals surface area contributed by atoms with Crippen molar-refractivity contribution in [2.75, 3.05) is 17.2 Å². The smallest absolute Gasteiger partial charge is 0.132 e. The molecular formula is C16H22N4. The van der Waals surface area contributed by atoms with Crippen LogP contribution in [0.2, 0.25) is 0 Å². The number of aromatic nitrogens is 2. The summed E-state index contributed by atoms with van der Waals surface area (Å²) in [6.07, 6.45) is 0.832. The molecular weight excluding hydrogens is 248 g/mol. The fraction of sp³-hybridized carbons (Fsp3) is 0.375. The molecule has 0 radical (unpaired) electrons. The summed E-state index contributed by atoms with van der Waals surface area (Å²) in [5.41, 5.74) is 2.57. The molecule has 106 valence electrons. The fourth-order valence-electron chi connectivity index (χ4n) is 2.01. The Morgan fingerprint density at radius 3 is 2.35 bits per heavy atom. The molecule has 0 atom stereocenters. The Hall–Kier alpha value is -2.10. The molecule has 1 aromatic heterocycles. The molecule has 2 aromatic rings. The number of hydrogen-bond acceptors (Lipinski definition) is 4. The van der Waals surface area contributed by atoms with Crippen molar-refractivity contribution in [2.24, 2.45) is 0 Å².